The van der Waals surface area contributed by atoms with Crippen LogP contribution in [-0.4, -0.2) is 13.7 Å². The van der Waals surface area contributed by atoms with Gasteiger partial charge in [-0.3, -0.25) is 0 Å². The minimum absolute atomic E-state index is 0.302. The first-order chi connectivity index (χ1) is 2.41. The quantitative estimate of drug-likeness (QED) is 0.436. The largest absolute Gasteiger partial charge is 0.311 e. The molecule has 2 N–H and O–H groups in total. The van der Waals surface area contributed by atoms with Crippen molar-refractivity contribution in [2.75, 3.05) is 13.7 Å². The van der Waals surface area contributed by atoms with Crippen molar-refractivity contribution in [2.24, 2.45) is 16.0 Å². The number of hydrogen-bond acceptors (Lipinski definition) is 3. The maximum Gasteiger partial charge on any atom is 0.107 e. The van der Waals surface area contributed by atoms with Gasteiger partial charge in [0.05, 0.1) is 0 Å². The molecule has 0 aromatic carbocycles. The zero-order valence-corrected chi connectivity index (χ0v) is 3.18. The van der Waals surface area contributed by atoms with Crippen LogP contribution in [0.5, 0.6) is 0 Å². The fourth-order valence-corrected chi connectivity index (χ4v) is 0.0816. The van der Waals surface area contributed by atoms with Crippen LogP contribution in [0.15, 0.2) is 10.2 Å². The fourth-order valence-electron chi connectivity index (χ4n) is 0.0816. The second-order valence-electron chi connectivity index (χ2n) is 0.524. The van der Waals surface area contributed by atoms with Gasteiger partial charge in [-0.25, -0.2) is 0 Å². The molecule has 0 rings (SSSR count). The van der Waals surface area contributed by atoms with Crippen molar-refractivity contribution in [1.82, 2.24) is 0 Å². The van der Waals surface area contributed by atoms with E-state index in [9.17, 15) is 0 Å². The lowest BCUT2D eigenvalue weighted by Crippen LogP contribution is -1.90. The lowest BCUT2D eigenvalue weighted by molar-refractivity contribution is 0.943. The summed E-state index contributed by atoms with van der Waals surface area (Å²) in [5.74, 6) is 0. The Morgan fingerprint density at radius 1 is 1.80 bits per heavy atom. The van der Waals surface area contributed by atoms with E-state index < -0.39 is 0 Å². The molecule has 0 saturated carbocycles. The van der Waals surface area contributed by atoms with Crippen LogP contribution in [0.25, 0.3) is 0 Å². The summed E-state index contributed by atoms with van der Waals surface area (Å²) in [4.78, 5) is 0. The summed E-state index contributed by atoms with van der Waals surface area (Å²) in [6.45, 7) is 0.302. The molecule has 30 valence electrons. The summed E-state index contributed by atoms with van der Waals surface area (Å²) in [5, 5.41) is 6.73. The normalized spacial score (nSPS) is 10.0. The van der Waals surface area contributed by atoms with Crippen molar-refractivity contribution in [1.29, 1.82) is 0 Å². The van der Waals surface area contributed by atoms with Gasteiger partial charge in [-0.2, -0.15) is 10.2 Å². The molecule has 0 amide bonds. The first kappa shape index (κ1) is 4.56. The van der Waals surface area contributed by atoms with Crippen molar-refractivity contribution >= 4 is 0 Å². The number of hydrogen-bond donors (Lipinski definition) is 1. The second kappa shape index (κ2) is 3.56. The van der Waals surface area contributed by atoms with Gasteiger partial charge in [0.2, 0.25) is 0 Å². The molecule has 0 fully saturated rings. The third-order valence-electron chi connectivity index (χ3n) is 0.223. The zero-order chi connectivity index (χ0) is 4.12. The predicted octanol–water partition coefficient (Wildman–Crippen LogP) is -0.0154. The Labute approximate surface area is 30.9 Å². The van der Waals surface area contributed by atoms with Crippen molar-refractivity contribution in [3.05, 3.63) is 0 Å². The Morgan fingerprint density at radius 3 is 2.40 bits per heavy atom. The molecule has 0 unspecified atom stereocenters. The van der Waals surface area contributed by atoms with Crippen LogP contribution in [0, 0.1) is 0 Å². The molecular formula is C2H7N3. The predicted molar refractivity (Wildman–Crippen MR) is 19.8 cm³/mol. The summed E-state index contributed by atoms with van der Waals surface area (Å²) in [6.07, 6.45) is 0. The van der Waals surface area contributed by atoms with E-state index in [-0.39, 0.29) is 0 Å². The number of nitrogens with zero attached hydrogens (tertiary/aromatic N) is 2. The SMILES string of the molecule is CN=NCN. The molecule has 0 bridgehead atoms. The number of rotatable bonds is 1. The molecular weight excluding hydrogens is 66.0 g/mol. The van der Waals surface area contributed by atoms with Crippen molar-refractivity contribution in [3.8, 4) is 0 Å². The van der Waals surface area contributed by atoms with Gasteiger partial charge in [0.25, 0.3) is 0 Å². The molecule has 0 aliphatic rings. The molecule has 0 aromatic heterocycles. The molecule has 0 aliphatic carbocycles. The Bertz CT molecular complexity index is 31.9. The Balaban J connectivity index is 2.62. The number of nitrogens with two attached hydrogens (primary N) is 1. The maximum atomic E-state index is 4.88. The summed E-state index contributed by atoms with van der Waals surface area (Å²) in [7, 11) is 1.59. The highest BCUT2D eigenvalue weighted by atomic mass is 15.1. The molecule has 0 saturated heterocycles. The first-order valence-electron chi connectivity index (χ1n) is 1.37. The summed E-state index contributed by atoms with van der Waals surface area (Å²) in [6, 6.07) is 0. The molecule has 0 spiro atoms. The van der Waals surface area contributed by atoms with Crippen LogP contribution in [0.1, 0.15) is 0 Å². The Kier molecular flexibility index (Phi) is 3.25. The van der Waals surface area contributed by atoms with E-state index in [1.165, 1.54) is 0 Å². The average Bonchev–Trinajstić information content (AvgIpc) is 1.41. The van der Waals surface area contributed by atoms with Crippen LogP contribution in [0.2, 0.25) is 0 Å². The van der Waals surface area contributed by atoms with Gasteiger partial charge in [0.1, 0.15) is 6.67 Å². The van der Waals surface area contributed by atoms with Crippen molar-refractivity contribution < 1.29 is 0 Å². The van der Waals surface area contributed by atoms with E-state index in [4.69, 9.17) is 5.73 Å². The van der Waals surface area contributed by atoms with Crippen LogP contribution >= 0.6 is 0 Å². The van der Waals surface area contributed by atoms with Crippen LogP contribution in [0.3, 0.4) is 0 Å². The Morgan fingerprint density at radius 2 is 2.40 bits per heavy atom. The van der Waals surface area contributed by atoms with Crippen molar-refractivity contribution in [3.63, 3.8) is 0 Å². The molecule has 0 atom stereocenters. The van der Waals surface area contributed by atoms with E-state index in [1.54, 1.807) is 7.05 Å². The maximum absolute atomic E-state index is 4.88. The van der Waals surface area contributed by atoms with Crippen LogP contribution in [-0.2, 0) is 0 Å². The zero-order valence-electron chi connectivity index (χ0n) is 3.18. The molecule has 0 heterocycles. The highest BCUT2D eigenvalue weighted by molar-refractivity contribution is 4.13. The highest BCUT2D eigenvalue weighted by Crippen LogP contribution is 1.55. The molecule has 0 radical (unpaired) electrons. The third kappa shape index (κ3) is 3.56. The smallest absolute Gasteiger partial charge is 0.107 e. The second-order valence-corrected chi connectivity index (χ2v) is 0.524. The Hall–Kier alpha value is -0.440. The van der Waals surface area contributed by atoms with E-state index in [1.807, 2.05) is 0 Å². The standard InChI is InChI=1S/C2H7N3/c1-4-5-2-3/h2-3H2,1H3. The monoisotopic (exact) mass is 73.1 g/mol. The van der Waals surface area contributed by atoms with E-state index in [2.05, 4.69) is 10.2 Å². The lowest BCUT2D eigenvalue weighted by atomic mass is 11.2. The van der Waals surface area contributed by atoms with Gasteiger partial charge < -0.3 is 5.73 Å². The molecule has 0 aromatic rings. The van der Waals surface area contributed by atoms with Gasteiger partial charge in [0.15, 0.2) is 0 Å². The van der Waals surface area contributed by atoms with Gasteiger partial charge in [-0.15, -0.1) is 0 Å². The van der Waals surface area contributed by atoms with E-state index in [0.29, 0.717) is 6.67 Å². The third-order valence-corrected chi connectivity index (χ3v) is 0.223. The van der Waals surface area contributed by atoms with Gasteiger partial charge in [-0.1, -0.05) is 0 Å². The van der Waals surface area contributed by atoms with Crippen molar-refractivity contribution in [2.45, 2.75) is 0 Å². The minimum Gasteiger partial charge on any atom is -0.311 e. The van der Waals surface area contributed by atoms with Gasteiger partial charge >= 0.3 is 0 Å². The molecule has 0 aliphatic heterocycles. The fraction of sp³-hybridized carbons (Fsp3) is 1.00. The summed E-state index contributed by atoms with van der Waals surface area (Å²) >= 11 is 0. The van der Waals surface area contributed by atoms with Gasteiger partial charge in [0, 0.05) is 7.05 Å². The average molecular weight is 73.1 g/mol. The van der Waals surface area contributed by atoms with E-state index in [0.717, 1.165) is 0 Å². The molecule has 5 heavy (non-hydrogen) atoms. The molecule has 3 nitrogen and oxygen atoms in total. The highest BCUT2D eigenvalue weighted by Gasteiger charge is 1.50. The summed E-state index contributed by atoms with van der Waals surface area (Å²) in [5.41, 5.74) is 4.88. The lowest BCUT2D eigenvalue weighted by Gasteiger charge is -1.68. The minimum atomic E-state index is 0.302. The summed E-state index contributed by atoms with van der Waals surface area (Å²) < 4.78 is 0. The molecule has 3 heteroatoms. The van der Waals surface area contributed by atoms with Crippen LogP contribution < -0.4 is 5.73 Å². The van der Waals surface area contributed by atoms with Crippen LogP contribution in [0.4, 0.5) is 0 Å². The first-order valence-corrected chi connectivity index (χ1v) is 1.37. The van der Waals surface area contributed by atoms with E-state index >= 15 is 0 Å². The topological polar surface area (TPSA) is 50.7 Å². The number of azo groups is 1. The van der Waals surface area contributed by atoms with Gasteiger partial charge in [-0.05, 0) is 0 Å².